The van der Waals surface area contributed by atoms with Crippen LogP contribution in [-0.2, 0) is 10.5 Å². The van der Waals surface area contributed by atoms with E-state index in [9.17, 15) is 9.18 Å². The molecule has 112 valence electrons. The number of benzene rings is 1. The van der Waals surface area contributed by atoms with Crippen LogP contribution in [0, 0.1) is 5.82 Å². The number of rotatable bonds is 6. The van der Waals surface area contributed by atoms with E-state index < -0.39 is 5.82 Å². The fourth-order valence-electron chi connectivity index (χ4n) is 1.53. The predicted octanol–water partition coefficient (Wildman–Crippen LogP) is 4.36. The molecule has 4 nitrogen and oxygen atoms in total. The smallest absolute Gasteiger partial charge is 0.226 e. The largest absolute Gasteiger partial charge is 0.301 e. The molecular weight excluding hydrogens is 333 g/mol. The molecule has 0 radical (unpaired) electrons. The standard InChI is InChI=1S/C13H13ClFN3OS2/c1-2-4-10(19)16-12-17-18-13(21-12)20-7-8-5-3-6-9(14)11(8)15/h3,5-6H,2,4,7H2,1H3,(H,16,17,19). The van der Waals surface area contributed by atoms with Crippen LogP contribution >= 0.6 is 34.7 Å². The summed E-state index contributed by atoms with van der Waals surface area (Å²) in [5.74, 6) is -0.0806. The number of thioether (sulfide) groups is 1. The lowest BCUT2D eigenvalue weighted by molar-refractivity contribution is -0.116. The van der Waals surface area contributed by atoms with Crippen molar-refractivity contribution in [2.24, 2.45) is 0 Å². The van der Waals surface area contributed by atoms with Crippen LogP contribution in [0.15, 0.2) is 22.5 Å². The molecule has 0 spiro atoms. The van der Waals surface area contributed by atoms with Gasteiger partial charge in [-0.05, 0) is 18.1 Å². The van der Waals surface area contributed by atoms with Crippen LogP contribution in [0.5, 0.6) is 0 Å². The zero-order chi connectivity index (χ0) is 15.2. The summed E-state index contributed by atoms with van der Waals surface area (Å²) >= 11 is 8.35. The van der Waals surface area contributed by atoms with Gasteiger partial charge in [-0.3, -0.25) is 4.79 Å². The van der Waals surface area contributed by atoms with Crippen LogP contribution in [0.1, 0.15) is 25.3 Å². The third-order valence-corrected chi connectivity index (χ3v) is 4.83. The van der Waals surface area contributed by atoms with Crippen molar-refractivity contribution in [3.8, 4) is 0 Å². The van der Waals surface area contributed by atoms with Crippen molar-refractivity contribution < 1.29 is 9.18 Å². The fourth-order valence-corrected chi connectivity index (χ4v) is 3.46. The monoisotopic (exact) mass is 345 g/mol. The molecule has 21 heavy (non-hydrogen) atoms. The minimum absolute atomic E-state index is 0.0777. The van der Waals surface area contributed by atoms with Crippen LogP contribution in [-0.4, -0.2) is 16.1 Å². The van der Waals surface area contributed by atoms with Gasteiger partial charge in [-0.25, -0.2) is 4.39 Å². The Morgan fingerprint density at radius 2 is 2.29 bits per heavy atom. The van der Waals surface area contributed by atoms with Crippen LogP contribution < -0.4 is 5.32 Å². The van der Waals surface area contributed by atoms with Gasteiger partial charge in [0.1, 0.15) is 5.82 Å². The normalized spacial score (nSPS) is 10.6. The molecule has 8 heteroatoms. The second kappa shape index (κ2) is 7.72. The summed E-state index contributed by atoms with van der Waals surface area (Å²) in [6.07, 6.45) is 1.23. The molecule has 1 amide bonds. The first kappa shape index (κ1) is 16.2. The number of halogens is 2. The van der Waals surface area contributed by atoms with Crippen molar-refractivity contribution in [2.75, 3.05) is 5.32 Å². The maximum absolute atomic E-state index is 13.7. The first-order chi connectivity index (χ1) is 10.1. The lowest BCUT2D eigenvalue weighted by Gasteiger charge is -2.02. The van der Waals surface area contributed by atoms with Gasteiger partial charge in [-0.15, -0.1) is 10.2 Å². The molecule has 0 unspecified atom stereocenters. The van der Waals surface area contributed by atoms with Gasteiger partial charge < -0.3 is 5.32 Å². The van der Waals surface area contributed by atoms with Gasteiger partial charge >= 0.3 is 0 Å². The lowest BCUT2D eigenvalue weighted by Crippen LogP contribution is -2.10. The van der Waals surface area contributed by atoms with E-state index in [1.165, 1.54) is 29.2 Å². The minimum atomic E-state index is -0.410. The molecule has 0 bridgehead atoms. The molecule has 1 heterocycles. The highest BCUT2D eigenvalue weighted by Gasteiger charge is 2.10. The number of nitrogens with one attached hydrogen (secondary N) is 1. The van der Waals surface area contributed by atoms with Gasteiger partial charge in [-0.1, -0.05) is 53.8 Å². The van der Waals surface area contributed by atoms with Crippen LogP contribution in [0.4, 0.5) is 9.52 Å². The second-order valence-electron chi connectivity index (χ2n) is 4.17. The lowest BCUT2D eigenvalue weighted by atomic mass is 10.2. The molecule has 2 aromatic rings. The van der Waals surface area contributed by atoms with Crippen molar-refractivity contribution in [3.05, 3.63) is 34.6 Å². The highest BCUT2D eigenvalue weighted by atomic mass is 35.5. The number of amides is 1. The predicted molar refractivity (Wildman–Crippen MR) is 84.4 cm³/mol. The van der Waals surface area contributed by atoms with E-state index in [4.69, 9.17) is 11.6 Å². The van der Waals surface area contributed by atoms with E-state index in [0.29, 0.717) is 27.2 Å². The van der Waals surface area contributed by atoms with Crippen molar-refractivity contribution in [2.45, 2.75) is 29.9 Å². The molecule has 1 aromatic carbocycles. The molecule has 0 aliphatic carbocycles. The molecule has 1 aromatic heterocycles. The molecule has 0 fully saturated rings. The average Bonchev–Trinajstić information content (AvgIpc) is 2.88. The zero-order valence-electron chi connectivity index (χ0n) is 11.2. The van der Waals surface area contributed by atoms with Gasteiger partial charge in [0.15, 0.2) is 4.34 Å². The number of anilines is 1. The van der Waals surface area contributed by atoms with E-state index in [0.717, 1.165) is 6.42 Å². The Hall–Kier alpha value is -1.18. The molecule has 0 atom stereocenters. The van der Waals surface area contributed by atoms with Crippen molar-refractivity contribution in [1.82, 2.24) is 10.2 Å². The maximum atomic E-state index is 13.7. The fraction of sp³-hybridized carbons (Fsp3) is 0.308. The Balaban J connectivity index is 1.94. The third-order valence-electron chi connectivity index (χ3n) is 2.51. The van der Waals surface area contributed by atoms with Crippen molar-refractivity contribution >= 4 is 45.7 Å². The van der Waals surface area contributed by atoms with Crippen LogP contribution in [0.2, 0.25) is 5.02 Å². The summed E-state index contributed by atoms with van der Waals surface area (Å²) in [4.78, 5) is 11.4. The molecule has 0 aliphatic rings. The SMILES string of the molecule is CCCC(=O)Nc1nnc(SCc2cccc(Cl)c2F)s1. The number of nitrogens with zero attached hydrogens (tertiary/aromatic N) is 2. The van der Waals surface area contributed by atoms with E-state index in [-0.39, 0.29) is 10.9 Å². The van der Waals surface area contributed by atoms with Gasteiger partial charge in [0.05, 0.1) is 5.02 Å². The summed E-state index contributed by atoms with van der Waals surface area (Å²) in [7, 11) is 0. The number of carbonyl (C=O) groups is 1. The summed E-state index contributed by atoms with van der Waals surface area (Å²) in [6, 6.07) is 4.90. The number of aromatic nitrogens is 2. The Morgan fingerprint density at radius 3 is 3.05 bits per heavy atom. The summed E-state index contributed by atoms with van der Waals surface area (Å²) in [6.45, 7) is 1.93. The highest BCUT2D eigenvalue weighted by molar-refractivity contribution is 8.00. The summed E-state index contributed by atoms with van der Waals surface area (Å²) < 4.78 is 14.4. The molecule has 0 aliphatic heterocycles. The Kier molecular flexibility index (Phi) is 5.96. The Morgan fingerprint density at radius 1 is 1.48 bits per heavy atom. The van der Waals surface area contributed by atoms with E-state index in [1.807, 2.05) is 6.92 Å². The minimum Gasteiger partial charge on any atom is -0.301 e. The van der Waals surface area contributed by atoms with Crippen LogP contribution in [0.3, 0.4) is 0 Å². The molecule has 1 N–H and O–H groups in total. The number of carbonyl (C=O) groups excluding carboxylic acids is 1. The summed E-state index contributed by atoms with van der Waals surface area (Å²) in [5.41, 5.74) is 0.513. The van der Waals surface area contributed by atoms with Crippen molar-refractivity contribution in [3.63, 3.8) is 0 Å². The Labute approximate surface area is 135 Å². The summed E-state index contributed by atoms with van der Waals surface area (Å²) in [5, 5.41) is 11.1. The van der Waals surface area contributed by atoms with Gasteiger partial charge in [0, 0.05) is 12.2 Å². The quantitative estimate of drug-likeness (QED) is 0.624. The van der Waals surface area contributed by atoms with Gasteiger partial charge in [0.2, 0.25) is 11.0 Å². The first-order valence-corrected chi connectivity index (χ1v) is 8.47. The van der Waals surface area contributed by atoms with Crippen LogP contribution in [0.25, 0.3) is 0 Å². The second-order valence-corrected chi connectivity index (χ2v) is 6.78. The first-order valence-electron chi connectivity index (χ1n) is 6.29. The molecule has 2 rings (SSSR count). The van der Waals surface area contributed by atoms with E-state index in [1.54, 1.807) is 12.1 Å². The Bertz CT molecular complexity index is 636. The van der Waals surface area contributed by atoms with Gasteiger partial charge in [-0.2, -0.15) is 0 Å². The molecule has 0 saturated heterocycles. The number of hydrogen-bond acceptors (Lipinski definition) is 5. The van der Waals surface area contributed by atoms with E-state index in [2.05, 4.69) is 15.5 Å². The number of hydrogen-bond donors (Lipinski definition) is 1. The van der Waals surface area contributed by atoms with Gasteiger partial charge in [0.25, 0.3) is 0 Å². The van der Waals surface area contributed by atoms with Crippen molar-refractivity contribution in [1.29, 1.82) is 0 Å². The topological polar surface area (TPSA) is 54.9 Å². The average molecular weight is 346 g/mol. The zero-order valence-corrected chi connectivity index (χ0v) is 13.6. The van der Waals surface area contributed by atoms with E-state index >= 15 is 0 Å². The third kappa shape index (κ3) is 4.66. The highest BCUT2D eigenvalue weighted by Crippen LogP contribution is 2.30. The maximum Gasteiger partial charge on any atom is 0.226 e. The molecular formula is C13H13ClFN3OS2. The molecule has 0 saturated carbocycles.